The van der Waals surface area contributed by atoms with E-state index in [1.807, 2.05) is 29.0 Å². The molecule has 0 fully saturated rings. The number of aryl methyl sites for hydroxylation is 1. The third-order valence-corrected chi connectivity index (χ3v) is 4.91. The Morgan fingerprint density at radius 3 is 3.00 bits per heavy atom. The summed E-state index contributed by atoms with van der Waals surface area (Å²) < 4.78 is 7.74. The van der Waals surface area contributed by atoms with E-state index in [0.29, 0.717) is 11.4 Å². The van der Waals surface area contributed by atoms with Gasteiger partial charge in [-0.1, -0.05) is 22.0 Å². The van der Waals surface area contributed by atoms with Crippen LogP contribution in [0.15, 0.2) is 40.4 Å². The Morgan fingerprint density at radius 2 is 2.25 bits per heavy atom. The molecular formula is C16H14BrN3O3S. The first kappa shape index (κ1) is 16.7. The molecule has 0 bridgehead atoms. The van der Waals surface area contributed by atoms with E-state index in [1.54, 1.807) is 18.3 Å². The summed E-state index contributed by atoms with van der Waals surface area (Å²) in [5.41, 5.74) is 2.33. The number of benzene rings is 1. The van der Waals surface area contributed by atoms with E-state index >= 15 is 0 Å². The summed E-state index contributed by atoms with van der Waals surface area (Å²) in [6.45, 7) is 1.63. The third-order valence-electron chi connectivity index (χ3n) is 3.29. The maximum Gasteiger partial charge on any atom is 0.312 e. The van der Waals surface area contributed by atoms with Gasteiger partial charge in [0.05, 0.1) is 12.1 Å². The molecule has 0 aliphatic carbocycles. The van der Waals surface area contributed by atoms with E-state index in [-0.39, 0.29) is 18.9 Å². The number of hydrogen-bond acceptors (Lipinski definition) is 5. The van der Waals surface area contributed by atoms with Crippen LogP contribution in [-0.4, -0.2) is 27.9 Å². The number of fused-ring (bicyclic) bond motifs is 1. The Bertz CT molecular complexity index is 874. The van der Waals surface area contributed by atoms with Gasteiger partial charge in [-0.05, 0) is 24.6 Å². The minimum Gasteiger partial charge on any atom is -0.455 e. The van der Waals surface area contributed by atoms with E-state index in [2.05, 4.69) is 26.2 Å². The molecule has 0 saturated carbocycles. The van der Waals surface area contributed by atoms with E-state index < -0.39 is 5.97 Å². The zero-order chi connectivity index (χ0) is 17.1. The molecule has 3 aromatic rings. The number of carbonyl (C=O) groups is 2. The minimum absolute atomic E-state index is 0.0394. The van der Waals surface area contributed by atoms with Gasteiger partial charge in [-0.25, -0.2) is 4.98 Å². The second-order valence-electron chi connectivity index (χ2n) is 5.17. The number of esters is 1. The van der Waals surface area contributed by atoms with Crippen LogP contribution in [0.4, 0.5) is 5.69 Å². The summed E-state index contributed by atoms with van der Waals surface area (Å²) >= 11 is 4.89. The second-order valence-corrected chi connectivity index (χ2v) is 6.90. The summed E-state index contributed by atoms with van der Waals surface area (Å²) in [5, 5.41) is 4.60. The zero-order valence-electron chi connectivity index (χ0n) is 12.8. The Balaban J connectivity index is 1.49. The average Bonchev–Trinajstić information content (AvgIpc) is 3.10. The predicted molar refractivity (Wildman–Crippen MR) is 95.2 cm³/mol. The van der Waals surface area contributed by atoms with Crippen LogP contribution in [0.2, 0.25) is 0 Å². The van der Waals surface area contributed by atoms with Crippen LogP contribution in [-0.2, 0) is 20.7 Å². The fraction of sp³-hybridized carbons (Fsp3) is 0.188. The zero-order valence-corrected chi connectivity index (χ0v) is 15.2. The third kappa shape index (κ3) is 4.01. The highest BCUT2D eigenvalue weighted by atomic mass is 79.9. The SMILES string of the molecule is Cc1ccc(NC(=O)COC(=O)Cc2cn3ccsc3n2)cc1Br. The van der Waals surface area contributed by atoms with Crippen molar-refractivity contribution in [3.05, 3.63) is 51.7 Å². The Hall–Kier alpha value is -2.19. The maximum atomic E-state index is 11.8. The number of nitrogens with zero attached hydrogens (tertiary/aromatic N) is 2. The minimum atomic E-state index is -0.485. The summed E-state index contributed by atoms with van der Waals surface area (Å²) in [6, 6.07) is 5.47. The standard InChI is InChI=1S/C16H14BrN3O3S/c1-10-2-3-11(6-13(10)17)18-14(21)9-23-15(22)7-12-8-20-4-5-24-16(20)19-12/h2-6,8H,7,9H2,1H3,(H,18,21). The number of hydrogen-bond donors (Lipinski definition) is 1. The molecule has 2 aromatic heterocycles. The normalized spacial score (nSPS) is 10.8. The Kier molecular flexibility index (Phi) is 4.96. The maximum absolute atomic E-state index is 11.8. The molecule has 0 spiro atoms. The quantitative estimate of drug-likeness (QED) is 0.659. The molecule has 0 aliphatic rings. The molecule has 24 heavy (non-hydrogen) atoms. The van der Waals surface area contributed by atoms with Crippen molar-refractivity contribution in [2.75, 3.05) is 11.9 Å². The number of carbonyl (C=O) groups excluding carboxylic acids is 2. The molecule has 1 N–H and O–H groups in total. The summed E-state index contributed by atoms with van der Waals surface area (Å²) in [6.07, 6.45) is 3.68. The van der Waals surface area contributed by atoms with Crippen molar-refractivity contribution < 1.29 is 14.3 Å². The van der Waals surface area contributed by atoms with Gasteiger partial charge in [0.25, 0.3) is 5.91 Å². The molecule has 0 unspecified atom stereocenters. The number of ether oxygens (including phenoxy) is 1. The van der Waals surface area contributed by atoms with Gasteiger partial charge in [-0.15, -0.1) is 11.3 Å². The van der Waals surface area contributed by atoms with Gasteiger partial charge in [-0.2, -0.15) is 0 Å². The van der Waals surface area contributed by atoms with Crippen molar-refractivity contribution in [1.82, 2.24) is 9.38 Å². The number of amides is 1. The lowest BCUT2D eigenvalue weighted by Crippen LogP contribution is -2.21. The lowest BCUT2D eigenvalue weighted by atomic mass is 10.2. The molecular weight excluding hydrogens is 394 g/mol. The number of imidazole rings is 1. The highest BCUT2D eigenvalue weighted by Crippen LogP contribution is 2.20. The second kappa shape index (κ2) is 7.14. The van der Waals surface area contributed by atoms with Crippen LogP contribution in [0.1, 0.15) is 11.3 Å². The van der Waals surface area contributed by atoms with Crippen LogP contribution in [0.25, 0.3) is 4.96 Å². The summed E-state index contributed by atoms with van der Waals surface area (Å²) in [7, 11) is 0. The lowest BCUT2D eigenvalue weighted by molar-refractivity contribution is -0.146. The fourth-order valence-electron chi connectivity index (χ4n) is 2.07. The van der Waals surface area contributed by atoms with Crippen molar-refractivity contribution >= 4 is 49.8 Å². The van der Waals surface area contributed by atoms with E-state index in [9.17, 15) is 9.59 Å². The first-order valence-electron chi connectivity index (χ1n) is 7.14. The van der Waals surface area contributed by atoms with Crippen LogP contribution in [0.5, 0.6) is 0 Å². The first-order valence-corrected chi connectivity index (χ1v) is 8.81. The molecule has 0 aliphatic heterocycles. The first-order chi connectivity index (χ1) is 11.5. The van der Waals surface area contributed by atoms with E-state index in [0.717, 1.165) is 15.0 Å². The number of halogens is 1. The summed E-state index contributed by atoms with van der Waals surface area (Å²) in [4.78, 5) is 28.8. The number of thiazole rings is 1. The van der Waals surface area contributed by atoms with Crippen molar-refractivity contribution in [3.63, 3.8) is 0 Å². The van der Waals surface area contributed by atoms with Gasteiger partial charge in [0.15, 0.2) is 11.6 Å². The smallest absolute Gasteiger partial charge is 0.312 e. The van der Waals surface area contributed by atoms with Crippen molar-refractivity contribution in [2.24, 2.45) is 0 Å². The van der Waals surface area contributed by atoms with E-state index in [1.165, 1.54) is 11.3 Å². The molecule has 3 rings (SSSR count). The van der Waals surface area contributed by atoms with Gasteiger partial charge in [0.2, 0.25) is 0 Å². The summed E-state index contributed by atoms with van der Waals surface area (Å²) in [5.74, 6) is -0.870. The lowest BCUT2D eigenvalue weighted by Gasteiger charge is -2.07. The van der Waals surface area contributed by atoms with Crippen molar-refractivity contribution in [1.29, 1.82) is 0 Å². The van der Waals surface area contributed by atoms with Gasteiger partial charge >= 0.3 is 5.97 Å². The van der Waals surface area contributed by atoms with Crippen LogP contribution < -0.4 is 5.32 Å². The fourth-order valence-corrected chi connectivity index (χ4v) is 3.17. The predicted octanol–water partition coefficient (Wildman–Crippen LogP) is 3.19. The number of anilines is 1. The van der Waals surface area contributed by atoms with Gasteiger partial charge in [0.1, 0.15) is 0 Å². The molecule has 0 radical (unpaired) electrons. The molecule has 0 saturated heterocycles. The van der Waals surface area contributed by atoms with Crippen molar-refractivity contribution in [3.8, 4) is 0 Å². The number of nitrogens with one attached hydrogen (secondary N) is 1. The topological polar surface area (TPSA) is 72.7 Å². The highest BCUT2D eigenvalue weighted by Gasteiger charge is 2.12. The number of aromatic nitrogens is 2. The van der Waals surface area contributed by atoms with Crippen LogP contribution in [0.3, 0.4) is 0 Å². The molecule has 8 heteroatoms. The molecule has 1 aromatic carbocycles. The van der Waals surface area contributed by atoms with Gasteiger partial charge in [0, 0.05) is 27.9 Å². The molecule has 2 heterocycles. The monoisotopic (exact) mass is 407 g/mol. The van der Waals surface area contributed by atoms with Gasteiger partial charge < -0.3 is 10.1 Å². The van der Waals surface area contributed by atoms with Crippen LogP contribution in [0, 0.1) is 6.92 Å². The molecule has 124 valence electrons. The molecule has 6 nitrogen and oxygen atoms in total. The van der Waals surface area contributed by atoms with Crippen molar-refractivity contribution in [2.45, 2.75) is 13.3 Å². The van der Waals surface area contributed by atoms with E-state index in [4.69, 9.17) is 4.74 Å². The Labute approximate surface area is 150 Å². The Morgan fingerprint density at radius 1 is 1.42 bits per heavy atom. The molecule has 0 atom stereocenters. The largest absolute Gasteiger partial charge is 0.455 e. The molecule has 1 amide bonds. The average molecular weight is 408 g/mol. The number of rotatable bonds is 5. The highest BCUT2D eigenvalue weighted by molar-refractivity contribution is 9.10. The van der Waals surface area contributed by atoms with Crippen LogP contribution >= 0.6 is 27.3 Å². The van der Waals surface area contributed by atoms with Gasteiger partial charge in [-0.3, -0.25) is 14.0 Å².